The third-order valence-electron chi connectivity index (χ3n) is 4.29. The predicted molar refractivity (Wildman–Crippen MR) is 87.4 cm³/mol. The number of carboxylic acids is 1. The van der Waals surface area contributed by atoms with Gasteiger partial charge in [-0.25, -0.2) is 9.18 Å². The van der Waals surface area contributed by atoms with Crippen molar-refractivity contribution in [3.05, 3.63) is 70.0 Å². The Labute approximate surface area is 139 Å². The Balaban J connectivity index is 1.71. The molecule has 1 saturated heterocycles. The Morgan fingerprint density at radius 1 is 1.30 bits per heavy atom. The number of likely N-dealkylation sites (tertiary alicyclic amines) is 1. The zero-order chi connectivity index (χ0) is 16.4. The Morgan fingerprint density at radius 3 is 2.83 bits per heavy atom. The molecule has 0 aromatic heterocycles. The summed E-state index contributed by atoms with van der Waals surface area (Å²) in [5, 5.41) is 9.45. The van der Waals surface area contributed by atoms with Crippen molar-refractivity contribution >= 4 is 17.6 Å². The summed E-state index contributed by atoms with van der Waals surface area (Å²) in [6.07, 6.45) is 0.916. The van der Waals surface area contributed by atoms with Crippen molar-refractivity contribution in [2.45, 2.75) is 18.9 Å². The number of benzene rings is 2. The van der Waals surface area contributed by atoms with Crippen LogP contribution in [-0.4, -0.2) is 29.1 Å². The van der Waals surface area contributed by atoms with E-state index in [-0.39, 0.29) is 10.9 Å². The molecular weight excluding hydrogens is 317 g/mol. The Kier molecular flexibility index (Phi) is 4.64. The van der Waals surface area contributed by atoms with E-state index in [1.54, 1.807) is 24.3 Å². The van der Waals surface area contributed by atoms with E-state index < -0.39 is 11.8 Å². The first-order valence-electron chi connectivity index (χ1n) is 7.53. The Hall–Kier alpha value is -1.91. The van der Waals surface area contributed by atoms with Crippen LogP contribution in [0.3, 0.4) is 0 Å². The highest BCUT2D eigenvalue weighted by Gasteiger charge is 2.27. The van der Waals surface area contributed by atoms with Crippen LogP contribution in [-0.2, 0) is 6.54 Å². The van der Waals surface area contributed by atoms with Crippen LogP contribution in [0, 0.1) is 5.82 Å². The molecule has 0 amide bonds. The Morgan fingerprint density at radius 2 is 2.09 bits per heavy atom. The van der Waals surface area contributed by atoms with Gasteiger partial charge in [0.25, 0.3) is 0 Å². The van der Waals surface area contributed by atoms with Gasteiger partial charge in [0, 0.05) is 13.1 Å². The average Bonchev–Trinajstić information content (AvgIpc) is 2.99. The fraction of sp³-hybridized carbons (Fsp3) is 0.278. The largest absolute Gasteiger partial charge is 0.478 e. The first-order chi connectivity index (χ1) is 11.0. The van der Waals surface area contributed by atoms with Gasteiger partial charge in [-0.05, 0) is 48.2 Å². The van der Waals surface area contributed by atoms with Gasteiger partial charge in [0.05, 0.1) is 10.6 Å². The van der Waals surface area contributed by atoms with Crippen molar-refractivity contribution in [2.24, 2.45) is 0 Å². The van der Waals surface area contributed by atoms with E-state index in [0.717, 1.165) is 30.6 Å². The zero-order valence-electron chi connectivity index (χ0n) is 12.5. The number of hydrogen-bond acceptors (Lipinski definition) is 2. The second-order valence-electron chi connectivity index (χ2n) is 5.86. The van der Waals surface area contributed by atoms with Crippen LogP contribution in [0.25, 0.3) is 0 Å². The van der Waals surface area contributed by atoms with E-state index in [9.17, 15) is 14.3 Å². The lowest BCUT2D eigenvalue weighted by atomic mass is 9.93. The first kappa shape index (κ1) is 16.0. The molecule has 0 bridgehead atoms. The third-order valence-corrected chi connectivity index (χ3v) is 4.58. The quantitative estimate of drug-likeness (QED) is 0.913. The smallest absolute Gasteiger partial charge is 0.335 e. The van der Waals surface area contributed by atoms with Crippen molar-refractivity contribution in [3.8, 4) is 0 Å². The van der Waals surface area contributed by atoms with E-state index in [1.807, 2.05) is 12.1 Å². The lowest BCUT2D eigenvalue weighted by Gasteiger charge is -2.17. The minimum Gasteiger partial charge on any atom is -0.478 e. The lowest BCUT2D eigenvalue weighted by molar-refractivity contribution is 0.0695. The molecule has 2 aromatic rings. The van der Waals surface area contributed by atoms with Gasteiger partial charge in [-0.3, -0.25) is 4.90 Å². The molecule has 0 spiro atoms. The standard InChI is InChI=1S/C18H17ClFNO2/c19-16-9-12(5-6-17(16)20)10-21-8-7-13(11-21)14-3-1-2-4-15(14)18(22)23/h1-6,9,13H,7-8,10-11H2,(H,22,23)/t13-/m0/s1. The number of nitrogens with zero attached hydrogens (tertiary/aromatic N) is 1. The van der Waals surface area contributed by atoms with Crippen LogP contribution in [0.15, 0.2) is 42.5 Å². The number of carboxylic acid groups (broad SMARTS) is 1. The van der Waals surface area contributed by atoms with Gasteiger partial charge in [-0.2, -0.15) is 0 Å². The molecule has 0 saturated carbocycles. The zero-order valence-corrected chi connectivity index (χ0v) is 13.3. The van der Waals surface area contributed by atoms with Crippen LogP contribution < -0.4 is 0 Å². The minimum atomic E-state index is -0.885. The van der Waals surface area contributed by atoms with E-state index in [0.29, 0.717) is 12.1 Å². The fourth-order valence-electron chi connectivity index (χ4n) is 3.17. The van der Waals surface area contributed by atoms with Crippen molar-refractivity contribution in [1.82, 2.24) is 4.90 Å². The Bertz CT molecular complexity index is 735. The van der Waals surface area contributed by atoms with Gasteiger partial charge < -0.3 is 5.11 Å². The molecule has 1 aliphatic rings. The fourth-order valence-corrected chi connectivity index (χ4v) is 3.38. The van der Waals surface area contributed by atoms with E-state index in [1.165, 1.54) is 6.07 Å². The molecule has 120 valence electrons. The highest BCUT2D eigenvalue weighted by molar-refractivity contribution is 6.30. The van der Waals surface area contributed by atoms with E-state index in [2.05, 4.69) is 4.90 Å². The van der Waals surface area contributed by atoms with Crippen molar-refractivity contribution in [1.29, 1.82) is 0 Å². The third kappa shape index (κ3) is 3.54. The molecule has 23 heavy (non-hydrogen) atoms. The summed E-state index contributed by atoms with van der Waals surface area (Å²) in [7, 11) is 0. The highest BCUT2D eigenvalue weighted by atomic mass is 35.5. The SMILES string of the molecule is O=C(O)c1ccccc1[C@H]1CCN(Cc2ccc(F)c(Cl)c2)C1. The summed E-state index contributed by atoms with van der Waals surface area (Å²) in [6, 6.07) is 11.9. The maximum Gasteiger partial charge on any atom is 0.335 e. The number of aromatic carboxylic acids is 1. The first-order valence-corrected chi connectivity index (χ1v) is 7.91. The van der Waals surface area contributed by atoms with Crippen LogP contribution >= 0.6 is 11.6 Å². The molecule has 1 N–H and O–H groups in total. The van der Waals surface area contributed by atoms with Gasteiger partial charge in [0.2, 0.25) is 0 Å². The monoisotopic (exact) mass is 333 g/mol. The number of hydrogen-bond donors (Lipinski definition) is 1. The summed E-state index contributed by atoms with van der Waals surface area (Å²) in [4.78, 5) is 13.6. The summed E-state index contributed by atoms with van der Waals surface area (Å²) in [6.45, 7) is 2.36. The normalized spacial score (nSPS) is 18.3. The number of rotatable bonds is 4. The summed E-state index contributed by atoms with van der Waals surface area (Å²) >= 11 is 5.82. The second kappa shape index (κ2) is 6.69. The van der Waals surface area contributed by atoms with Crippen LogP contribution in [0.5, 0.6) is 0 Å². The molecule has 5 heteroatoms. The van der Waals surface area contributed by atoms with Crippen molar-refractivity contribution < 1.29 is 14.3 Å². The molecule has 1 fully saturated rings. The molecule has 0 radical (unpaired) electrons. The maximum atomic E-state index is 13.2. The van der Waals surface area contributed by atoms with Gasteiger partial charge in [0.1, 0.15) is 5.82 Å². The van der Waals surface area contributed by atoms with Gasteiger partial charge >= 0.3 is 5.97 Å². The topological polar surface area (TPSA) is 40.5 Å². The molecule has 3 rings (SSSR count). The predicted octanol–water partition coefficient (Wildman–Crippen LogP) is 4.17. The van der Waals surface area contributed by atoms with Gasteiger partial charge in [0.15, 0.2) is 0 Å². The molecular formula is C18H17ClFNO2. The molecule has 1 heterocycles. The van der Waals surface area contributed by atoms with Gasteiger partial charge in [-0.15, -0.1) is 0 Å². The average molecular weight is 334 g/mol. The molecule has 1 aliphatic heterocycles. The highest BCUT2D eigenvalue weighted by Crippen LogP contribution is 2.30. The summed E-state index contributed by atoms with van der Waals surface area (Å²) < 4.78 is 13.2. The minimum absolute atomic E-state index is 0.134. The van der Waals surface area contributed by atoms with E-state index >= 15 is 0 Å². The van der Waals surface area contributed by atoms with Crippen molar-refractivity contribution in [3.63, 3.8) is 0 Å². The lowest BCUT2D eigenvalue weighted by Crippen LogP contribution is -2.20. The van der Waals surface area contributed by atoms with Gasteiger partial charge in [-0.1, -0.05) is 35.9 Å². The van der Waals surface area contributed by atoms with Crippen molar-refractivity contribution in [2.75, 3.05) is 13.1 Å². The van der Waals surface area contributed by atoms with E-state index in [4.69, 9.17) is 11.6 Å². The molecule has 3 nitrogen and oxygen atoms in total. The summed E-state index contributed by atoms with van der Waals surface area (Å²) in [5.74, 6) is -1.09. The summed E-state index contributed by atoms with van der Waals surface area (Å²) in [5.41, 5.74) is 2.23. The maximum absolute atomic E-state index is 13.2. The van der Waals surface area contributed by atoms with Crippen LogP contribution in [0.4, 0.5) is 4.39 Å². The molecule has 2 aromatic carbocycles. The number of carbonyl (C=O) groups is 1. The molecule has 0 unspecified atom stereocenters. The van der Waals surface area contributed by atoms with Crippen LogP contribution in [0.1, 0.15) is 33.8 Å². The van der Waals surface area contributed by atoms with Crippen LogP contribution in [0.2, 0.25) is 5.02 Å². The number of halogens is 2. The second-order valence-corrected chi connectivity index (χ2v) is 6.27. The molecule has 0 aliphatic carbocycles. The molecule has 1 atom stereocenters.